The average molecular weight is 537 g/mol. The van der Waals surface area contributed by atoms with Crippen LogP contribution in [0.3, 0.4) is 0 Å². The van der Waals surface area contributed by atoms with E-state index in [-0.39, 0.29) is 6.61 Å². The summed E-state index contributed by atoms with van der Waals surface area (Å²) >= 11 is 0. The number of ether oxygens (including phenoxy) is 2. The van der Waals surface area contributed by atoms with Gasteiger partial charge < -0.3 is 29.5 Å². The van der Waals surface area contributed by atoms with Crippen molar-refractivity contribution in [3.63, 3.8) is 0 Å². The van der Waals surface area contributed by atoms with E-state index in [1.54, 1.807) is 25.9 Å². The van der Waals surface area contributed by atoms with Crippen LogP contribution >= 0.6 is 7.82 Å². The van der Waals surface area contributed by atoms with Crippen LogP contribution in [0, 0.1) is 94.7 Å². The Morgan fingerprint density at radius 2 is 1.34 bits per heavy atom. The van der Waals surface area contributed by atoms with Gasteiger partial charge in [-0.05, 0) is 104 Å². The highest BCUT2D eigenvalue weighted by molar-refractivity contribution is 7.47. The van der Waals surface area contributed by atoms with Gasteiger partial charge in [-0.2, -0.15) is 0 Å². The van der Waals surface area contributed by atoms with Crippen molar-refractivity contribution < 1.29 is 43.0 Å². The molecule has 0 saturated carbocycles. The molecule has 0 spiro atoms. The number of nitrogens with zero attached hydrogens (tertiary/aromatic N) is 1. The number of carbonyl (C=O) groups is 1. The van der Waals surface area contributed by atoms with Crippen molar-refractivity contribution in [2.75, 3.05) is 47.1 Å². The fourth-order valence-corrected chi connectivity index (χ4v) is 2.41. The van der Waals surface area contributed by atoms with Gasteiger partial charge in [0, 0.05) is 12.5 Å². The van der Waals surface area contributed by atoms with Gasteiger partial charge in [0.2, 0.25) is 0 Å². The lowest BCUT2D eigenvalue weighted by atomic mass is 10.4. The lowest BCUT2D eigenvalue weighted by Crippen LogP contribution is -2.32. The molecule has 0 aromatic carbocycles. The Balaban J connectivity index is 4.74. The maximum Gasteiger partial charge on any atom is 0.472 e. The molecule has 196 valence electrons. The van der Waals surface area contributed by atoms with Gasteiger partial charge in [-0.25, -0.2) is 9.36 Å². The number of phosphoric ester groups is 1. The minimum absolute atomic E-state index is 0.0800. The molecule has 0 aromatic rings. The molecule has 0 amide bonds. The Kier molecular flexibility index (Phi) is 19.7. The van der Waals surface area contributed by atoms with Crippen molar-refractivity contribution in [1.82, 2.24) is 4.90 Å². The Morgan fingerprint density at radius 1 is 0.842 bits per heavy atom. The van der Waals surface area contributed by atoms with Crippen molar-refractivity contribution in [1.29, 1.82) is 0 Å². The third-order valence-electron chi connectivity index (χ3n) is 3.22. The first-order chi connectivity index (χ1) is 18.2. The summed E-state index contributed by atoms with van der Waals surface area (Å²) in [5, 5.41) is 18.4. The molecule has 0 rings (SSSR count). The predicted molar refractivity (Wildman–Crippen MR) is 137 cm³/mol. The lowest BCUT2D eigenvalue weighted by Gasteiger charge is -2.21. The molecule has 0 aromatic heterocycles. The lowest BCUT2D eigenvalue weighted by molar-refractivity contribution is -0.180. The second-order valence-corrected chi connectivity index (χ2v) is 7.97. The minimum atomic E-state index is -4.43. The van der Waals surface area contributed by atoms with E-state index in [1.165, 1.54) is 0 Å². The first-order valence-corrected chi connectivity index (χ1v) is 12.0. The summed E-state index contributed by atoms with van der Waals surface area (Å²) in [5.74, 6) is 37.5. The van der Waals surface area contributed by atoms with Crippen molar-refractivity contribution in [2.45, 2.75) is 19.3 Å². The second-order valence-electron chi connectivity index (χ2n) is 6.52. The van der Waals surface area contributed by atoms with Crippen LogP contribution in [0.5, 0.6) is 0 Å². The zero-order valence-corrected chi connectivity index (χ0v) is 21.8. The highest BCUT2D eigenvalue weighted by Gasteiger charge is 2.25. The Labute approximate surface area is 223 Å². The van der Waals surface area contributed by atoms with E-state index in [1.807, 2.05) is 0 Å². The van der Waals surface area contributed by atoms with Crippen LogP contribution in [0.25, 0.3) is 0 Å². The molecule has 3 N–H and O–H groups in total. The largest absolute Gasteiger partial charge is 0.472 e. The van der Waals surface area contributed by atoms with Crippen LogP contribution in [0.2, 0.25) is 0 Å². The second kappa shape index (κ2) is 22.1. The number of aliphatic hydroxyl groups excluding tert-OH is 2. The number of phosphoric acid groups is 1. The number of rotatable bonds is 12. The quantitative estimate of drug-likeness (QED) is 0.0933. The summed E-state index contributed by atoms with van der Waals surface area (Å²) in [6.07, 6.45) is -2.86. The Hall–Kier alpha value is -4.10. The van der Waals surface area contributed by atoms with E-state index in [9.17, 15) is 19.4 Å². The van der Waals surface area contributed by atoms with Gasteiger partial charge in [0.1, 0.15) is 12.7 Å². The fourth-order valence-electron chi connectivity index (χ4n) is 1.67. The highest BCUT2D eigenvalue weighted by atomic mass is 31.2. The van der Waals surface area contributed by atoms with Crippen LogP contribution in [0.4, 0.5) is 0 Å². The van der Waals surface area contributed by atoms with Gasteiger partial charge in [-0.1, -0.05) is 5.92 Å². The normalized spacial score (nSPS) is 11.6. The number of aliphatic hydroxyl groups is 2. The molecule has 0 aliphatic rings. The number of carbonyl (C=O) groups excluding carboxylic acids is 1. The number of hydrogen-bond donors (Lipinski definition) is 3. The summed E-state index contributed by atoms with van der Waals surface area (Å²) < 4.78 is 31.3. The standard InChI is InChI=1S/C27H24NO9P/c1-4-5-6-7-8-9-10-11-12-13-14-15-16-17-18-19-26(30)34-23-25(37-27(31)22-29)24-36-38(32,33)35-21-20-28(2)3/h25,27,29,31H,20-24H2,1-3H3,(H,32,33). The molecule has 0 aliphatic carbocycles. The molecule has 0 bridgehead atoms. The molecule has 10 nitrogen and oxygen atoms in total. The van der Waals surface area contributed by atoms with Crippen molar-refractivity contribution >= 4 is 13.8 Å². The van der Waals surface area contributed by atoms with Gasteiger partial charge in [0.05, 0.1) is 19.8 Å². The topological polar surface area (TPSA) is 135 Å². The third-order valence-corrected chi connectivity index (χ3v) is 4.21. The van der Waals surface area contributed by atoms with E-state index < -0.39 is 46.0 Å². The average Bonchev–Trinajstić information content (AvgIpc) is 2.87. The minimum Gasteiger partial charge on any atom is -0.453 e. The molecule has 0 radical (unpaired) electrons. The van der Waals surface area contributed by atoms with Gasteiger partial charge in [0.25, 0.3) is 0 Å². The molecule has 0 saturated heterocycles. The van der Waals surface area contributed by atoms with Crippen LogP contribution < -0.4 is 0 Å². The molecular weight excluding hydrogens is 513 g/mol. The molecule has 38 heavy (non-hydrogen) atoms. The van der Waals surface area contributed by atoms with Gasteiger partial charge >= 0.3 is 13.8 Å². The van der Waals surface area contributed by atoms with Crippen LogP contribution in [-0.4, -0.2) is 85.4 Å². The number of likely N-dealkylation sites (N-methyl/N-ethyl adjacent to an activating group) is 1. The molecule has 0 heterocycles. The molecule has 0 fully saturated rings. The Bertz CT molecular complexity index is 1340. The first kappa shape index (κ1) is 33.9. The predicted octanol–water partition coefficient (Wildman–Crippen LogP) is -1.03. The molecular formula is C27H24NO9P. The third kappa shape index (κ3) is 22.4. The van der Waals surface area contributed by atoms with Crippen molar-refractivity contribution in [3.05, 3.63) is 0 Å². The van der Waals surface area contributed by atoms with Crippen molar-refractivity contribution in [2.24, 2.45) is 0 Å². The first-order valence-electron chi connectivity index (χ1n) is 10.5. The van der Waals surface area contributed by atoms with E-state index in [0.29, 0.717) is 6.54 Å². The Morgan fingerprint density at radius 3 is 1.82 bits per heavy atom. The zero-order valence-electron chi connectivity index (χ0n) is 20.9. The summed E-state index contributed by atoms with van der Waals surface area (Å²) in [4.78, 5) is 23.2. The molecule has 0 aliphatic heterocycles. The summed E-state index contributed by atoms with van der Waals surface area (Å²) in [5.41, 5.74) is 0. The smallest absolute Gasteiger partial charge is 0.453 e. The van der Waals surface area contributed by atoms with Crippen molar-refractivity contribution in [3.8, 4) is 94.7 Å². The zero-order chi connectivity index (χ0) is 28.5. The van der Waals surface area contributed by atoms with Gasteiger partial charge in [-0.15, -0.1) is 0 Å². The van der Waals surface area contributed by atoms with Crippen LogP contribution in [-0.2, 0) is 27.9 Å². The molecule has 3 atom stereocenters. The summed E-state index contributed by atoms with van der Waals surface area (Å²) in [7, 11) is -0.936. The van der Waals surface area contributed by atoms with E-state index in [0.717, 1.165) is 0 Å². The maximum absolute atomic E-state index is 11.9. The molecule has 11 heteroatoms. The molecule has 3 unspecified atom stereocenters. The van der Waals surface area contributed by atoms with Crippen LogP contribution in [0.15, 0.2) is 0 Å². The van der Waals surface area contributed by atoms with Gasteiger partial charge in [-0.3, -0.25) is 9.05 Å². The monoisotopic (exact) mass is 537 g/mol. The van der Waals surface area contributed by atoms with E-state index >= 15 is 0 Å². The SMILES string of the molecule is CC#CC#CC#CC#CC#CC#CC#CC#CC(=O)OCC(COP(=O)(O)OCCN(C)C)OC(O)CO. The number of esters is 1. The highest BCUT2D eigenvalue weighted by Crippen LogP contribution is 2.43. The summed E-state index contributed by atoms with van der Waals surface area (Å²) in [6, 6.07) is 0. The maximum atomic E-state index is 11.9. The van der Waals surface area contributed by atoms with E-state index in [4.69, 9.17) is 23.6 Å². The van der Waals surface area contributed by atoms with E-state index in [2.05, 4.69) is 94.7 Å². The fraction of sp³-hybridized carbons (Fsp3) is 0.370. The van der Waals surface area contributed by atoms with Crippen LogP contribution in [0.1, 0.15) is 6.92 Å². The number of hydrogen-bond acceptors (Lipinski definition) is 9. The van der Waals surface area contributed by atoms with Gasteiger partial charge in [0.15, 0.2) is 6.29 Å². The summed E-state index contributed by atoms with van der Waals surface area (Å²) in [6.45, 7) is 0.0661.